The van der Waals surface area contributed by atoms with Gasteiger partial charge in [0.2, 0.25) is 0 Å². The predicted molar refractivity (Wildman–Crippen MR) is 41.6 cm³/mol. The van der Waals surface area contributed by atoms with Gasteiger partial charge in [-0.05, 0) is 6.92 Å². The van der Waals surface area contributed by atoms with E-state index in [0.717, 1.165) is 4.31 Å². The topological polar surface area (TPSA) is 92.9 Å². The van der Waals surface area contributed by atoms with Crippen LogP contribution in [0.2, 0.25) is 0 Å². The van der Waals surface area contributed by atoms with Gasteiger partial charge in [0.25, 0.3) is 0 Å². The highest BCUT2D eigenvalue weighted by Gasteiger charge is 2.50. The van der Waals surface area contributed by atoms with Crippen molar-refractivity contribution in [2.75, 3.05) is 7.11 Å². The molecule has 0 aromatic rings. The summed E-state index contributed by atoms with van der Waals surface area (Å²) in [6, 6.07) is -0.790. The van der Waals surface area contributed by atoms with Crippen LogP contribution in [0.1, 0.15) is 6.92 Å². The number of methoxy groups -OCH3 is 1. The van der Waals surface area contributed by atoms with E-state index in [0.29, 0.717) is 0 Å². The lowest BCUT2D eigenvalue weighted by Gasteiger charge is -2.47. The van der Waals surface area contributed by atoms with Crippen molar-refractivity contribution in [2.24, 2.45) is 5.73 Å². The number of nitrogens with two attached hydrogens (primary N) is 1. The first-order valence-electron chi connectivity index (χ1n) is 3.44. The summed E-state index contributed by atoms with van der Waals surface area (Å²) < 4.78 is 35.7. The molecule has 0 amide bonds. The molecular formula is C5H12N2O4S. The van der Waals surface area contributed by atoms with Crippen LogP contribution in [-0.4, -0.2) is 42.7 Å². The van der Waals surface area contributed by atoms with Gasteiger partial charge in [-0.1, -0.05) is 0 Å². The van der Waals surface area contributed by atoms with Crippen LogP contribution in [0.25, 0.3) is 0 Å². The molecule has 12 heavy (non-hydrogen) atoms. The number of hydrogen-bond donors (Lipinski definition) is 2. The fraction of sp³-hybridized carbons (Fsp3) is 1.00. The van der Waals surface area contributed by atoms with E-state index in [1.165, 1.54) is 7.11 Å². The van der Waals surface area contributed by atoms with E-state index in [2.05, 4.69) is 0 Å². The Kier molecular flexibility index (Phi) is 2.41. The number of rotatable bonds is 2. The van der Waals surface area contributed by atoms with Gasteiger partial charge in [-0.15, -0.1) is 4.31 Å². The minimum absolute atomic E-state index is 0.378. The van der Waals surface area contributed by atoms with Gasteiger partial charge in [-0.2, -0.15) is 8.42 Å². The SMILES string of the molecule is COC1[C@@H](N)[C@H](C)N1S(=O)(=O)O. The maximum absolute atomic E-state index is 10.7. The van der Waals surface area contributed by atoms with Crippen LogP contribution in [0.5, 0.6) is 0 Å². The lowest BCUT2D eigenvalue weighted by Crippen LogP contribution is -2.71. The van der Waals surface area contributed by atoms with Gasteiger partial charge in [0.05, 0.1) is 6.04 Å². The fourth-order valence-corrected chi connectivity index (χ4v) is 2.36. The number of nitrogens with zero attached hydrogens (tertiary/aromatic N) is 1. The molecule has 72 valence electrons. The molecule has 7 heteroatoms. The third kappa shape index (κ3) is 1.34. The first kappa shape index (κ1) is 9.87. The Morgan fingerprint density at radius 1 is 1.58 bits per heavy atom. The summed E-state index contributed by atoms with van der Waals surface area (Å²) in [6.07, 6.45) is -0.741. The van der Waals surface area contributed by atoms with E-state index in [1.807, 2.05) is 0 Å². The Morgan fingerprint density at radius 2 is 2.08 bits per heavy atom. The van der Waals surface area contributed by atoms with E-state index in [4.69, 9.17) is 15.0 Å². The first-order valence-corrected chi connectivity index (χ1v) is 4.83. The Bertz CT molecular complexity index is 265. The Hall–Kier alpha value is -0.210. The van der Waals surface area contributed by atoms with E-state index >= 15 is 0 Å². The molecule has 1 aliphatic rings. The molecule has 6 nitrogen and oxygen atoms in total. The van der Waals surface area contributed by atoms with Crippen LogP contribution in [0.3, 0.4) is 0 Å². The predicted octanol–water partition coefficient (Wildman–Crippen LogP) is -1.21. The van der Waals surface area contributed by atoms with E-state index in [-0.39, 0.29) is 6.04 Å². The van der Waals surface area contributed by atoms with Gasteiger partial charge < -0.3 is 10.5 Å². The zero-order valence-corrected chi connectivity index (χ0v) is 7.65. The van der Waals surface area contributed by atoms with Gasteiger partial charge >= 0.3 is 10.3 Å². The molecule has 0 aliphatic carbocycles. The van der Waals surface area contributed by atoms with Crippen LogP contribution >= 0.6 is 0 Å². The molecule has 1 rings (SSSR count). The molecule has 0 aromatic carbocycles. The standard InChI is InChI=1S/C5H12N2O4S/c1-3-4(6)5(11-2)7(3)12(8,9)10/h3-5H,6H2,1-2H3,(H,8,9,10)/t3-,4-,5?/m0/s1. The van der Waals surface area contributed by atoms with Gasteiger partial charge in [-0.3, -0.25) is 4.55 Å². The van der Waals surface area contributed by atoms with Gasteiger partial charge in [0.15, 0.2) is 0 Å². The maximum Gasteiger partial charge on any atom is 0.338 e. The molecule has 1 heterocycles. The Morgan fingerprint density at radius 3 is 2.33 bits per heavy atom. The van der Waals surface area contributed by atoms with Crippen molar-refractivity contribution in [3.63, 3.8) is 0 Å². The summed E-state index contributed by atoms with van der Waals surface area (Å²) in [7, 11) is -2.84. The normalized spacial score (nSPS) is 37.8. The molecule has 0 bridgehead atoms. The minimum atomic E-state index is -4.18. The monoisotopic (exact) mass is 196 g/mol. The van der Waals surface area contributed by atoms with Crippen LogP contribution in [0.4, 0.5) is 0 Å². The third-order valence-electron chi connectivity index (χ3n) is 2.05. The highest BCUT2D eigenvalue weighted by atomic mass is 32.2. The summed E-state index contributed by atoms with van der Waals surface area (Å²) in [4.78, 5) is 0. The molecule has 3 N–H and O–H groups in total. The lowest BCUT2D eigenvalue weighted by molar-refractivity contribution is -0.103. The molecule has 0 saturated carbocycles. The second-order valence-corrected chi connectivity index (χ2v) is 4.07. The molecular weight excluding hydrogens is 184 g/mol. The second kappa shape index (κ2) is 2.93. The summed E-state index contributed by atoms with van der Waals surface area (Å²) in [5.41, 5.74) is 5.52. The summed E-state index contributed by atoms with van der Waals surface area (Å²) in [6.45, 7) is 1.61. The van der Waals surface area contributed by atoms with Crippen molar-refractivity contribution in [3.8, 4) is 0 Å². The largest absolute Gasteiger partial charge is 0.364 e. The van der Waals surface area contributed by atoms with E-state index in [9.17, 15) is 8.42 Å². The number of ether oxygens (including phenoxy) is 1. The molecule has 1 saturated heterocycles. The summed E-state index contributed by atoms with van der Waals surface area (Å²) >= 11 is 0. The highest BCUT2D eigenvalue weighted by molar-refractivity contribution is 7.83. The highest BCUT2D eigenvalue weighted by Crippen LogP contribution is 2.27. The van der Waals surface area contributed by atoms with Crippen LogP contribution in [0.15, 0.2) is 0 Å². The van der Waals surface area contributed by atoms with Crippen molar-refractivity contribution in [1.82, 2.24) is 4.31 Å². The van der Waals surface area contributed by atoms with Crippen molar-refractivity contribution in [1.29, 1.82) is 0 Å². The lowest BCUT2D eigenvalue weighted by atomic mass is 10.0. The molecule has 0 aromatic heterocycles. The zero-order valence-electron chi connectivity index (χ0n) is 6.84. The molecule has 1 fully saturated rings. The first-order chi connectivity index (χ1) is 5.39. The molecule has 0 spiro atoms. The fourth-order valence-electron chi connectivity index (χ4n) is 1.31. The zero-order chi connectivity index (χ0) is 9.52. The van der Waals surface area contributed by atoms with Gasteiger partial charge in [-0.25, -0.2) is 0 Å². The average Bonchev–Trinajstić information content (AvgIpc) is 1.95. The van der Waals surface area contributed by atoms with Crippen molar-refractivity contribution >= 4 is 10.3 Å². The van der Waals surface area contributed by atoms with Gasteiger partial charge in [0.1, 0.15) is 6.23 Å². The molecule has 0 radical (unpaired) electrons. The quantitative estimate of drug-likeness (QED) is 0.541. The molecule has 1 aliphatic heterocycles. The minimum Gasteiger partial charge on any atom is -0.364 e. The van der Waals surface area contributed by atoms with E-state index < -0.39 is 22.6 Å². The van der Waals surface area contributed by atoms with E-state index in [1.54, 1.807) is 6.92 Å². The average molecular weight is 196 g/mol. The van der Waals surface area contributed by atoms with Crippen LogP contribution in [0, 0.1) is 0 Å². The van der Waals surface area contributed by atoms with Crippen LogP contribution in [-0.2, 0) is 15.0 Å². The summed E-state index contributed by atoms with van der Waals surface area (Å²) in [5, 5.41) is 0. The Labute approximate surface area is 71.2 Å². The van der Waals surface area contributed by atoms with Crippen molar-refractivity contribution in [3.05, 3.63) is 0 Å². The maximum atomic E-state index is 10.7. The van der Waals surface area contributed by atoms with Crippen molar-refractivity contribution < 1.29 is 17.7 Å². The van der Waals surface area contributed by atoms with Crippen LogP contribution < -0.4 is 5.73 Å². The van der Waals surface area contributed by atoms with Gasteiger partial charge in [0, 0.05) is 13.2 Å². The van der Waals surface area contributed by atoms with Crippen molar-refractivity contribution in [2.45, 2.75) is 25.2 Å². The molecule has 3 atom stereocenters. The smallest absolute Gasteiger partial charge is 0.338 e. The second-order valence-electron chi connectivity index (χ2n) is 2.75. The third-order valence-corrected chi connectivity index (χ3v) is 3.12. The molecule has 1 unspecified atom stereocenters. The number of hydrogen-bond acceptors (Lipinski definition) is 4. The Balaban J connectivity index is 2.80. The summed E-state index contributed by atoms with van der Waals surface area (Å²) in [5.74, 6) is 0.